The molecule has 21 heavy (non-hydrogen) atoms. The Morgan fingerprint density at radius 3 is 2.62 bits per heavy atom. The summed E-state index contributed by atoms with van der Waals surface area (Å²) in [6, 6.07) is 0. The Kier molecular flexibility index (Phi) is 7.48. The van der Waals surface area contributed by atoms with Gasteiger partial charge in [0.05, 0.1) is 6.10 Å². The lowest BCUT2D eigenvalue weighted by molar-refractivity contribution is 0.0561. The van der Waals surface area contributed by atoms with Gasteiger partial charge in [0.15, 0.2) is 0 Å². The van der Waals surface area contributed by atoms with E-state index in [1.165, 1.54) is 77.5 Å². The van der Waals surface area contributed by atoms with E-state index in [0.717, 1.165) is 13.2 Å². The maximum atomic E-state index is 5.82. The molecule has 0 amide bonds. The second-order valence-electron chi connectivity index (χ2n) is 7.36. The molecule has 1 aliphatic heterocycles. The van der Waals surface area contributed by atoms with Crippen LogP contribution >= 0.6 is 0 Å². The van der Waals surface area contributed by atoms with Crippen LogP contribution in [0.1, 0.15) is 65.2 Å². The molecule has 2 fully saturated rings. The van der Waals surface area contributed by atoms with Crippen LogP contribution in [0.2, 0.25) is 0 Å². The molecule has 1 atom stereocenters. The average molecular weight is 296 g/mol. The van der Waals surface area contributed by atoms with E-state index < -0.39 is 0 Å². The fraction of sp³-hybridized carbons (Fsp3) is 1.00. The standard InChI is InChI=1S/C18H36N2O/c1-3-11-19-15-18(9-6-4-5-7-10-18)16-20-12-8-13-21-17(2)14-20/h17,19H,3-16H2,1-2H3. The number of nitrogens with zero attached hydrogens (tertiary/aromatic N) is 1. The van der Waals surface area contributed by atoms with Gasteiger partial charge in [-0.3, -0.25) is 0 Å². The minimum Gasteiger partial charge on any atom is -0.377 e. The molecule has 0 bridgehead atoms. The molecule has 0 aromatic heterocycles. The number of rotatable bonds is 6. The largest absolute Gasteiger partial charge is 0.377 e. The molecule has 0 aromatic rings. The van der Waals surface area contributed by atoms with Crippen molar-refractivity contribution in [2.24, 2.45) is 5.41 Å². The van der Waals surface area contributed by atoms with Crippen molar-refractivity contribution in [1.29, 1.82) is 0 Å². The molecular formula is C18H36N2O. The molecule has 1 heterocycles. The predicted octanol–water partition coefficient (Wildman–Crippen LogP) is 3.44. The normalized spacial score (nSPS) is 28.0. The van der Waals surface area contributed by atoms with Crippen molar-refractivity contribution in [2.45, 2.75) is 71.3 Å². The highest BCUT2D eigenvalue weighted by molar-refractivity contribution is 4.88. The third-order valence-corrected chi connectivity index (χ3v) is 5.19. The first-order valence-corrected chi connectivity index (χ1v) is 9.29. The Morgan fingerprint density at radius 1 is 1.14 bits per heavy atom. The molecule has 3 nitrogen and oxygen atoms in total. The number of ether oxygens (including phenoxy) is 1. The summed E-state index contributed by atoms with van der Waals surface area (Å²) in [5.74, 6) is 0. The van der Waals surface area contributed by atoms with Crippen LogP contribution in [-0.2, 0) is 4.74 Å². The van der Waals surface area contributed by atoms with E-state index in [0.29, 0.717) is 11.5 Å². The van der Waals surface area contributed by atoms with Gasteiger partial charge in [0, 0.05) is 32.8 Å². The molecule has 2 rings (SSSR count). The van der Waals surface area contributed by atoms with E-state index >= 15 is 0 Å². The molecule has 1 saturated carbocycles. The van der Waals surface area contributed by atoms with Crippen LogP contribution in [0.15, 0.2) is 0 Å². The number of nitrogens with one attached hydrogen (secondary N) is 1. The zero-order valence-electron chi connectivity index (χ0n) is 14.3. The summed E-state index contributed by atoms with van der Waals surface area (Å²) in [4.78, 5) is 2.69. The summed E-state index contributed by atoms with van der Waals surface area (Å²) >= 11 is 0. The summed E-state index contributed by atoms with van der Waals surface area (Å²) in [5.41, 5.74) is 0.510. The molecule has 3 heteroatoms. The lowest BCUT2D eigenvalue weighted by atomic mass is 9.79. The number of hydrogen-bond acceptors (Lipinski definition) is 3. The van der Waals surface area contributed by atoms with Crippen LogP contribution in [0.25, 0.3) is 0 Å². The van der Waals surface area contributed by atoms with Gasteiger partial charge in [-0.15, -0.1) is 0 Å². The van der Waals surface area contributed by atoms with Crippen molar-refractivity contribution in [3.63, 3.8) is 0 Å². The van der Waals surface area contributed by atoms with Gasteiger partial charge in [0.2, 0.25) is 0 Å². The topological polar surface area (TPSA) is 24.5 Å². The zero-order chi connectivity index (χ0) is 15.0. The maximum Gasteiger partial charge on any atom is 0.0673 e. The third-order valence-electron chi connectivity index (χ3n) is 5.19. The van der Waals surface area contributed by atoms with Crippen LogP contribution in [0, 0.1) is 5.41 Å². The Hall–Kier alpha value is -0.120. The monoisotopic (exact) mass is 296 g/mol. The lowest BCUT2D eigenvalue weighted by Crippen LogP contribution is -2.45. The van der Waals surface area contributed by atoms with Crippen molar-refractivity contribution in [3.05, 3.63) is 0 Å². The van der Waals surface area contributed by atoms with Crippen molar-refractivity contribution in [2.75, 3.05) is 39.3 Å². The summed E-state index contributed by atoms with van der Waals surface area (Å²) in [6.07, 6.45) is 11.4. The minimum absolute atomic E-state index is 0.402. The molecule has 2 aliphatic rings. The van der Waals surface area contributed by atoms with Crippen molar-refractivity contribution < 1.29 is 4.74 Å². The Balaban J connectivity index is 1.95. The van der Waals surface area contributed by atoms with Crippen molar-refractivity contribution in [3.8, 4) is 0 Å². The molecule has 0 spiro atoms. The van der Waals surface area contributed by atoms with E-state index in [-0.39, 0.29) is 0 Å². The summed E-state index contributed by atoms with van der Waals surface area (Å²) in [6.45, 7) is 11.4. The van der Waals surface area contributed by atoms with E-state index in [2.05, 4.69) is 24.1 Å². The first-order valence-electron chi connectivity index (χ1n) is 9.29. The average Bonchev–Trinajstić information content (AvgIpc) is 2.80. The second-order valence-corrected chi connectivity index (χ2v) is 7.36. The van der Waals surface area contributed by atoms with E-state index in [4.69, 9.17) is 4.74 Å². The highest BCUT2D eigenvalue weighted by atomic mass is 16.5. The SMILES string of the molecule is CCCNCC1(CN2CCCOC(C)C2)CCCCCC1. The van der Waals surface area contributed by atoms with Crippen LogP contribution < -0.4 is 5.32 Å². The summed E-state index contributed by atoms with van der Waals surface area (Å²) in [5, 5.41) is 3.73. The quantitative estimate of drug-likeness (QED) is 0.600. The van der Waals surface area contributed by atoms with Crippen LogP contribution in [0.5, 0.6) is 0 Å². The third kappa shape index (κ3) is 5.88. The fourth-order valence-corrected chi connectivity index (χ4v) is 4.10. The molecule has 1 unspecified atom stereocenters. The molecule has 0 aromatic carbocycles. The first kappa shape index (κ1) is 17.2. The smallest absolute Gasteiger partial charge is 0.0673 e. The minimum atomic E-state index is 0.402. The Morgan fingerprint density at radius 2 is 1.90 bits per heavy atom. The van der Waals surface area contributed by atoms with Gasteiger partial charge in [-0.05, 0) is 44.6 Å². The second kappa shape index (κ2) is 9.12. The lowest BCUT2D eigenvalue weighted by Gasteiger charge is -2.38. The predicted molar refractivity (Wildman–Crippen MR) is 89.8 cm³/mol. The highest BCUT2D eigenvalue weighted by Crippen LogP contribution is 2.35. The van der Waals surface area contributed by atoms with E-state index in [1.54, 1.807) is 0 Å². The molecule has 1 N–H and O–H groups in total. The first-order chi connectivity index (χ1) is 10.2. The Bertz CT molecular complexity index is 274. The van der Waals surface area contributed by atoms with Crippen molar-refractivity contribution in [1.82, 2.24) is 10.2 Å². The highest BCUT2D eigenvalue weighted by Gasteiger charge is 2.33. The van der Waals surface area contributed by atoms with Gasteiger partial charge in [-0.25, -0.2) is 0 Å². The number of hydrogen-bond donors (Lipinski definition) is 1. The van der Waals surface area contributed by atoms with Crippen LogP contribution in [0.3, 0.4) is 0 Å². The van der Waals surface area contributed by atoms with Gasteiger partial charge in [0.25, 0.3) is 0 Å². The van der Waals surface area contributed by atoms with E-state index in [1.807, 2.05) is 0 Å². The zero-order valence-corrected chi connectivity index (χ0v) is 14.3. The van der Waals surface area contributed by atoms with E-state index in [9.17, 15) is 0 Å². The van der Waals surface area contributed by atoms with Gasteiger partial charge in [-0.1, -0.05) is 32.6 Å². The molecule has 1 saturated heterocycles. The molecule has 1 aliphatic carbocycles. The van der Waals surface area contributed by atoms with Crippen LogP contribution in [0.4, 0.5) is 0 Å². The summed E-state index contributed by atoms with van der Waals surface area (Å²) in [7, 11) is 0. The van der Waals surface area contributed by atoms with Gasteiger partial charge < -0.3 is 15.0 Å². The van der Waals surface area contributed by atoms with Crippen molar-refractivity contribution >= 4 is 0 Å². The van der Waals surface area contributed by atoms with Crippen LogP contribution in [-0.4, -0.2) is 50.3 Å². The summed E-state index contributed by atoms with van der Waals surface area (Å²) < 4.78 is 5.82. The Labute approximate surface area is 131 Å². The van der Waals surface area contributed by atoms with Gasteiger partial charge >= 0.3 is 0 Å². The fourth-order valence-electron chi connectivity index (χ4n) is 4.10. The molecule has 124 valence electrons. The van der Waals surface area contributed by atoms with Gasteiger partial charge in [0.1, 0.15) is 0 Å². The van der Waals surface area contributed by atoms with Gasteiger partial charge in [-0.2, -0.15) is 0 Å². The maximum absolute atomic E-state index is 5.82. The molecule has 0 radical (unpaired) electrons. The molecular weight excluding hydrogens is 260 g/mol.